The van der Waals surface area contributed by atoms with Crippen molar-refractivity contribution in [3.8, 4) is 0 Å². The van der Waals surface area contributed by atoms with Gasteiger partial charge in [-0.1, -0.05) is 38.3 Å². The maximum atomic E-state index is 5.77. The molecule has 0 bridgehead atoms. The molecule has 1 aliphatic rings. The summed E-state index contributed by atoms with van der Waals surface area (Å²) in [5, 5.41) is 4.13. The molecule has 1 unspecified atom stereocenters. The van der Waals surface area contributed by atoms with Gasteiger partial charge in [-0.05, 0) is 30.4 Å². The van der Waals surface area contributed by atoms with E-state index >= 15 is 0 Å². The molecule has 1 aliphatic carbocycles. The molecule has 1 saturated carbocycles. The van der Waals surface area contributed by atoms with Gasteiger partial charge in [0.25, 0.3) is 0 Å². The predicted molar refractivity (Wildman–Crippen MR) is 68.9 cm³/mol. The minimum atomic E-state index is 0.373. The van der Waals surface area contributed by atoms with Gasteiger partial charge in [-0.25, -0.2) is 4.98 Å². The molecule has 1 fully saturated rings. The zero-order valence-electron chi connectivity index (χ0n) is 9.96. The molecule has 1 atom stereocenters. The van der Waals surface area contributed by atoms with Gasteiger partial charge in [0.1, 0.15) is 5.15 Å². The Morgan fingerprint density at radius 3 is 2.81 bits per heavy atom. The Morgan fingerprint density at radius 1 is 1.38 bits per heavy atom. The molecule has 0 radical (unpaired) electrons. The van der Waals surface area contributed by atoms with E-state index in [0.29, 0.717) is 16.6 Å². The molecule has 88 valence electrons. The Kier molecular flexibility index (Phi) is 3.38. The van der Waals surface area contributed by atoms with Gasteiger partial charge in [0.05, 0.1) is 11.9 Å². The zero-order valence-corrected chi connectivity index (χ0v) is 10.7. The van der Waals surface area contributed by atoms with Crippen molar-refractivity contribution in [2.24, 2.45) is 5.41 Å². The fourth-order valence-electron chi connectivity index (χ4n) is 2.42. The number of aromatic nitrogens is 1. The molecule has 1 aromatic heterocycles. The van der Waals surface area contributed by atoms with E-state index in [-0.39, 0.29) is 0 Å². The third-order valence-corrected chi connectivity index (χ3v) is 3.80. The van der Waals surface area contributed by atoms with E-state index in [4.69, 9.17) is 11.6 Å². The summed E-state index contributed by atoms with van der Waals surface area (Å²) in [4.78, 5) is 4.10. The van der Waals surface area contributed by atoms with E-state index in [2.05, 4.69) is 24.1 Å². The predicted octanol–water partition coefficient (Wildman–Crippen LogP) is 4.12. The fourth-order valence-corrected chi connectivity index (χ4v) is 2.54. The Bertz CT molecular complexity index is 345. The fraction of sp³-hybridized carbons (Fsp3) is 0.615. The van der Waals surface area contributed by atoms with Crippen molar-refractivity contribution >= 4 is 17.3 Å². The van der Waals surface area contributed by atoms with Crippen LogP contribution in [0.25, 0.3) is 0 Å². The van der Waals surface area contributed by atoms with Crippen molar-refractivity contribution in [2.75, 3.05) is 5.32 Å². The minimum absolute atomic E-state index is 0.373. The first-order valence-corrected chi connectivity index (χ1v) is 6.34. The van der Waals surface area contributed by atoms with Crippen molar-refractivity contribution in [3.63, 3.8) is 0 Å². The van der Waals surface area contributed by atoms with Gasteiger partial charge < -0.3 is 5.32 Å². The molecule has 2 nitrogen and oxygen atoms in total. The molecule has 16 heavy (non-hydrogen) atoms. The monoisotopic (exact) mass is 238 g/mol. The number of pyridine rings is 1. The van der Waals surface area contributed by atoms with Crippen LogP contribution in [0.5, 0.6) is 0 Å². The van der Waals surface area contributed by atoms with Crippen LogP contribution in [0.15, 0.2) is 18.3 Å². The molecule has 2 rings (SSSR count). The molecule has 3 heteroatoms. The highest BCUT2D eigenvalue weighted by Crippen LogP contribution is 2.37. The Hall–Kier alpha value is -0.760. The normalized spacial score (nSPS) is 24.1. The third kappa shape index (κ3) is 2.67. The third-order valence-electron chi connectivity index (χ3n) is 3.58. The lowest BCUT2D eigenvalue weighted by Gasteiger charge is -2.39. The lowest BCUT2D eigenvalue weighted by atomic mass is 9.73. The molecule has 0 aliphatic heterocycles. The Balaban J connectivity index is 2.05. The van der Waals surface area contributed by atoms with Gasteiger partial charge in [0.2, 0.25) is 0 Å². The summed E-state index contributed by atoms with van der Waals surface area (Å²) < 4.78 is 0. The van der Waals surface area contributed by atoms with E-state index < -0.39 is 0 Å². The first-order valence-electron chi connectivity index (χ1n) is 5.96. The average molecular weight is 239 g/mol. The van der Waals surface area contributed by atoms with Crippen LogP contribution in [0, 0.1) is 5.41 Å². The topological polar surface area (TPSA) is 24.9 Å². The summed E-state index contributed by atoms with van der Waals surface area (Å²) in [6, 6.07) is 4.38. The summed E-state index contributed by atoms with van der Waals surface area (Å²) >= 11 is 5.77. The maximum absolute atomic E-state index is 5.77. The van der Waals surface area contributed by atoms with Gasteiger partial charge in [-0.2, -0.15) is 0 Å². The first kappa shape index (κ1) is 11.7. The van der Waals surface area contributed by atoms with Crippen LogP contribution in [0.4, 0.5) is 5.69 Å². The Morgan fingerprint density at radius 2 is 2.19 bits per heavy atom. The summed E-state index contributed by atoms with van der Waals surface area (Å²) in [6.07, 6.45) is 7.03. The second-order valence-electron chi connectivity index (χ2n) is 5.30. The van der Waals surface area contributed by atoms with Crippen molar-refractivity contribution in [2.45, 2.75) is 45.6 Å². The second kappa shape index (κ2) is 4.62. The standard InChI is InChI=1S/C13H19ClN2/c1-13(2)8-4-3-5-11(13)16-10-6-7-12(14)15-9-10/h6-7,9,11,16H,3-5,8H2,1-2H3. The average Bonchev–Trinajstić information content (AvgIpc) is 2.24. The molecule has 0 saturated heterocycles. The van der Waals surface area contributed by atoms with E-state index in [0.717, 1.165) is 5.69 Å². The highest BCUT2D eigenvalue weighted by molar-refractivity contribution is 6.29. The highest BCUT2D eigenvalue weighted by Gasteiger charge is 2.31. The molecule has 1 aromatic rings. The maximum Gasteiger partial charge on any atom is 0.129 e. The number of anilines is 1. The van der Waals surface area contributed by atoms with E-state index in [9.17, 15) is 0 Å². The molecular formula is C13H19ClN2. The number of nitrogens with zero attached hydrogens (tertiary/aromatic N) is 1. The van der Waals surface area contributed by atoms with Crippen LogP contribution in [0.3, 0.4) is 0 Å². The van der Waals surface area contributed by atoms with Crippen molar-refractivity contribution in [3.05, 3.63) is 23.5 Å². The zero-order chi connectivity index (χ0) is 11.6. The molecule has 0 spiro atoms. The van der Waals surface area contributed by atoms with Gasteiger partial charge in [-0.15, -0.1) is 0 Å². The van der Waals surface area contributed by atoms with Crippen LogP contribution in [0.2, 0.25) is 5.15 Å². The van der Waals surface area contributed by atoms with Crippen LogP contribution in [-0.4, -0.2) is 11.0 Å². The summed E-state index contributed by atoms with van der Waals surface area (Å²) in [5.41, 5.74) is 1.45. The Labute approximate surface area is 102 Å². The second-order valence-corrected chi connectivity index (χ2v) is 5.69. The van der Waals surface area contributed by atoms with Crippen LogP contribution < -0.4 is 5.32 Å². The van der Waals surface area contributed by atoms with Crippen LogP contribution in [0.1, 0.15) is 39.5 Å². The molecule has 0 aromatic carbocycles. The van der Waals surface area contributed by atoms with Gasteiger partial charge in [0, 0.05) is 6.04 Å². The van der Waals surface area contributed by atoms with Crippen molar-refractivity contribution in [1.29, 1.82) is 0 Å². The number of hydrogen-bond donors (Lipinski definition) is 1. The lowest BCUT2D eigenvalue weighted by Crippen LogP contribution is -2.38. The van der Waals surface area contributed by atoms with Crippen molar-refractivity contribution < 1.29 is 0 Å². The lowest BCUT2D eigenvalue weighted by molar-refractivity contribution is 0.217. The summed E-state index contributed by atoms with van der Waals surface area (Å²) in [7, 11) is 0. The van der Waals surface area contributed by atoms with Gasteiger partial charge in [0.15, 0.2) is 0 Å². The summed E-state index contributed by atoms with van der Waals surface area (Å²) in [5.74, 6) is 0. The molecule has 1 heterocycles. The van der Waals surface area contributed by atoms with E-state index in [1.807, 2.05) is 18.3 Å². The number of nitrogens with one attached hydrogen (secondary N) is 1. The smallest absolute Gasteiger partial charge is 0.129 e. The molecule has 1 N–H and O–H groups in total. The molecular weight excluding hydrogens is 220 g/mol. The molecule has 0 amide bonds. The van der Waals surface area contributed by atoms with E-state index in [1.165, 1.54) is 25.7 Å². The van der Waals surface area contributed by atoms with Gasteiger partial charge in [-0.3, -0.25) is 0 Å². The summed E-state index contributed by atoms with van der Waals surface area (Å²) in [6.45, 7) is 4.68. The number of rotatable bonds is 2. The quantitative estimate of drug-likeness (QED) is 0.785. The van der Waals surface area contributed by atoms with Crippen LogP contribution in [-0.2, 0) is 0 Å². The highest BCUT2D eigenvalue weighted by atomic mass is 35.5. The number of halogens is 1. The largest absolute Gasteiger partial charge is 0.381 e. The van der Waals surface area contributed by atoms with Crippen molar-refractivity contribution in [1.82, 2.24) is 4.98 Å². The first-order chi connectivity index (χ1) is 7.58. The number of hydrogen-bond acceptors (Lipinski definition) is 2. The minimum Gasteiger partial charge on any atom is -0.381 e. The SMILES string of the molecule is CC1(C)CCCCC1Nc1ccc(Cl)nc1. The van der Waals surface area contributed by atoms with E-state index in [1.54, 1.807) is 0 Å². The van der Waals surface area contributed by atoms with Crippen LogP contribution >= 0.6 is 11.6 Å². The van der Waals surface area contributed by atoms with Gasteiger partial charge >= 0.3 is 0 Å².